The van der Waals surface area contributed by atoms with Gasteiger partial charge in [-0.15, -0.1) is 12.4 Å². The van der Waals surface area contributed by atoms with Crippen molar-refractivity contribution in [1.82, 2.24) is 4.90 Å². The van der Waals surface area contributed by atoms with Gasteiger partial charge in [0.05, 0.1) is 6.61 Å². The highest BCUT2D eigenvalue weighted by Crippen LogP contribution is 2.28. The molecule has 1 aliphatic rings. The second-order valence-electron chi connectivity index (χ2n) is 6.27. The number of ether oxygens (including phenoxy) is 1. The number of nitrogens with two attached hydrogens (primary N) is 1. The number of benzene rings is 2. The van der Waals surface area contributed by atoms with Crippen molar-refractivity contribution in [2.24, 2.45) is 5.73 Å². The Labute approximate surface area is 155 Å². The Morgan fingerprint density at radius 3 is 2.64 bits per heavy atom. The summed E-state index contributed by atoms with van der Waals surface area (Å²) in [7, 11) is 0. The van der Waals surface area contributed by atoms with Gasteiger partial charge in [0.25, 0.3) is 5.91 Å². The summed E-state index contributed by atoms with van der Waals surface area (Å²) in [4.78, 5) is 14.7. The maximum absolute atomic E-state index is 12.8. The number of nitrogens with zero attached hydrogens (tertiary/aromatic N) is 1. The van der Waals surface area contributed by atoms with Crippen molar-refractivity contribution < 1.29 is 9.53 Å². The molecule has 0 unspecified atom stereocenters. The number of hydrogen-bond donors (Lipinski definition) is 1. The number of carbonyl (C=O) groups excluding carboxylic acids is 1. The molecule has 1 fully saturated rings. The lowest BCUT2D eigenvalue weighted by Gasteiger charge is -2.17. The number of hydrogen-bond acceptors (Lipinski definition) is 3. The minimum atomic E-state index is -0.0316. The predicted octanol–water partition coefficient (Wildman–Crippen LogP) is 3.46. The molecule has 4 nitrogen and oxygen atoms in total. The number of likely N-dealkylation sites (tertiary alicyclic amines) is 1. The molecule has 0 aromatic heterocycles. The topological polar surface area (TPSA) is 55.6 Å². The van der Waals surface area contributed by atoms with Gasteiger partial charge in [-0.3, -0.25) is 4.79 Å². The molecule has 0 bridgehead atoms. The minimum absolute atomic E-state index is 0. The van der Waals surface area contributed by atoms with Gasteiger partial charge in [0.15, 0.2) is 0 Å². The van der Waals surface area contributed by atoms with Gasteiger partial charge >= 0.3 is 0 Å². The number of halogens is 1. The maximum Gasteiger partial charge on any atom is 0.254 e. The summed E-state index contributed by atoms with van der Waals surface area (Å²) < 4.78 is 5.62. The fourth-order valence-corrected chi connectivity index (χ4v) is 3.17. The lowest BCUT2D eigenvalue weighted by molar-refractivity contribution is 0.0788. The van der Waals surface area contributed by atoms with Gasteiger partial charge in [0, 0.05) is 30.6 Å². The highest BCUT2D eigenvalue weighted by molar-refractivity contribution is 5.95. The SMILES string of the molecule is CCCOc1cccc(C(=O)N2C[C@@H](N)[C@H](c3ccccc3)C2)c1.Cl. The quantitative estimate of drug-likeness (QED) is 0.888. The van der Waals surface area contributed by atoms with E-state index in [4.69, 9.17) is 10.5 Å². The zero-order valence-electron chi connectivity index (χ0n) is 14.4. The van der Waals surface area contributed by atoms with Crippen LogP contribution in [0.2, 0.25) is 0 Å². The molecule has 1 heterocycles. The molecular formula is C20H25ClN2O2. The second-order valence-corrected chi connectivity index (χ2v) is 6.27. The van der Waals surface area contributed by atoms with Crippen LogP contribution in [0.1, 0.15) is 35.2 Å². The zero-order chi connectivity index (χ0) is 16.9. The van der Waals surface area contributed by atoms with Gasteiger partial charge in [-0.05, 0) is 30.2 Å². The smallest absolute Gasteiger partial charge is 0.254 e. The van der Waals surface area contributed by atoms with Crippen LogP contribution in [0.15, 0.2) is 54.6 Å². The molecule has 1 aliphatic heterocycles. The molecule has 3 rings (SSSR count). The van der Waals surface area contributed by atoms with Crippen LogP contribution in [0.3, 0.4) is 0 Å². The monoisotopic (exact) mass is 360 g/mol. The number of carbonyl (C=O) groups is 1. The van der Waals surface area contributed by atoms with Crippen LogP contribution in [0.25, 0.3) is 0 Å². The molecule has 0 aliphatic carbocycles. The van der Waals surface area contributed by atoms with E-state index >= 15 is 0 Å². The molecular weight excluding hydrogens is 336 g/mol. The normalized spacial score (nSPS) is 19.4. The van der Waals surface area contributed by atoms with E-state index < -0.39 is 0 Å². The van der Waals surface area contributed by atoms with Crippen molar-refractivity contribution >= 4 is 18.3 Å². The third-order valence-corrected chi connectivity index (χ3v) is 4.43. The predicted molar refractivity (Wildman–Crippen MR) is 103 cm³/mol. The van der Waals surface area contributed by atoms with E-state index in [0.717, 1.165) is 12.2 Å². The standard InChI is InChI=1S/C20H24N2O2.ClH/c1-2-11-24-17-10-6-9-16(12-17)20(23)22-13-18(19(21)14-22)15-7-4-3-5-8-15;/h3-10,12,18-19H,2,11,13-14,21H2,1H3;1H/t18-,19+;/m0./s1. The van der Waals surface area contributed by atoms with Crippen LogP contribution in [0.5, 0.6) is 5.75 Å². The molecule has 2 N–H and O–H groups in total. The molecule has 0 saturated carbocycles. The van der Waals surface area contributed by atoms with Crippen molar-refractivity contribution in [3.8, 4) is 5.75 Å². The Hall–Kier alpha value is -2.04. The first-order valence-corrected chi connectivity index (χ1v) is 8.51. The molecule has 134 valence electrons. The second kappa shape index (κ2) is 8.88. The molecule has 2 aromatic carbocycles. The summed E-state index contributed by atoms with van der Waals surface area (Å²) in [5.41, 5.74) is 8.15. The van der Waals surface area contributed by atoms with E-state index in [-0.39, 0.29) is 30.3 Å². The fourth-order valence-electron chi connectivity index (χ4n) is 3.17. The highest BCUT2D eigenvalue weighted by atomic mass is 35.5. The fraction of sp³-hybridized carbons (Fsp3) is 0.350. The Kier molecular flexibility index (Phi) is 6.85. The molecule has 1 amide bonds. The van der Waals surface area contributed by atoms with E-state index in [9.17, 15) is 4.79 Å². The Morgan fingerprint density at radius 2 is 1.92 bits per heavy atom. The molecule has 1 saturated heterocycles. The molecule has 0 radical (unpaired) electrons. The Morgan fingerprint density at radius 1 is 1.16 bits per heavy atom. The third kappa shape index (κ3) is 4.53. The van der Waals surface area contributed by atoms with Crippen molar-refractivity contribution in [3.05, 3.63) is 65.7 Å². The zero-order valence-corrected chi connectivity index (χ0v) is 15.2. The van der Waals surface area contributed by atoms with E-state index in [1.54, 1.807) is 0 Å². The average Bonchev–Trinajstić information content (AvgIpc) is 3.02. The average molecular weight is 361 g/mol. The number of rotatable bonds is 5. The van der Waals surface area contributed by atoms with Crippen LogP contribution in [0.4, 0.5) is 0 Å². The molecule has 0 spiro atoms. The summed E-state index contributed by atoms with van der Waals surface area (Å²) in [6.07, 6.45) is 0.942. The Bertz CT molecular complexity index is 693. The van der Waals surface area contributed by atoms with Crippen LogP contribution in [0, 0.1) is 0 Å². The van der Waals surface area contributed by atoms with Crippen molar-refractivity contribution in [2.45, 2.75) is 25.3 Å². The lowest BCUT2D eigenvalue weighted by Crippen LogP contribution is -2.32. The van der Waals surface area contributed by atoms with Gasteiger partial charge in [0.2, 0.25) is 0 Å². The Balaban J connectivity index is 0.00000225. The van der Waals surface area contributed by atoms with Crippen LogP contribution < -0.4 is 10.5 Å². The third-order valence-electron chi connectivity index (χ3n) is 4.43. The minimum Gasteiger partial charge on any atom is -0.494 e. The van der Waals surface area contributed by atoms with Crippen molar-refractivity contribution in [1.29, 1.82) is 0 Å². The van der Waals surface area contributed by atoms with Gasteiger partial charge in [-0.2, -0.15) is 0 Å². The van der Waals surface area contributed by atoms with Crippen molar-refractivity contribution in [2.75, 3.05) is 19.7 Å². The molecule has 2 atom stereocenters. The first-order valence-electron chi connectivity index (χ1n) is 8.51. The van der Waals surface area contributed by atoms with E-state index in [1.807, 2.05) is 47.4 Å². The molecule has 5 heteroatoms. The summed E-state index contributed by atoms with van der Waals surface area (Å²) in [5, 5.41) is 0. The van der Waals surface area contributed by atoms with Gasteiger partial charge in [0.1, 0.15) is 5.75 Å². The summed E-state index contributed by atoms with van der Waals surface area (Å²) in [6, 6.07) is 17.6. The molecule has 2 aromatic rings. The first-order chi connectivity index (χ1) is 11.7. The van der Waals surface area contributed by atoms with Gasteiger partial charge in [-0.1, -0.05) is 43.3 Å². The lowest BCUT2D eigenvalue weighted by atomic mass is 9.95. The van der Waals surface area contributed by atoms with Gasteiger partial charge < -0.3 is 15.4 Å². The van der Waals surface area contributed by atoms with Crippen LogP contribution in [-0.4, -0.2) is 36.5 Å². The first kappa shape index (κ1) is 19.3. The van der Waals surface area contributed by atoms with Gasteiger partial charge in [-0.25, -0.2) is 0 Å². The van der Waals surface area contributed by atoms with E-state index in [0.29, 0.717) is 25.3 Å². The van der Waals surface area contributed by atoms with E-state index in [2.05, 4.69) is 19.1 Å². The summed E-state index contributed by atoms with van der Waals surface area (Å²) in [6.45, 7) is 3.95. The molecule has 25 heavy (non-hydrogen) atoms. The van der Waals surface area contributed by atoms with E-state index in [1.165, 1.54) is 5.56 Å². The highest BCUT2D eigenvalue weighted by Gasteiger charge is 2.34. The van der Waals surface area contributed by atoms with Crippen LogP contribution in [-0.2, 0) is 0 Å². The van der Waals surface area contributed by atoms with Crippen LogP contribution >= 0.6 is 12.4 Å². The van der Waals surface area contributed by atoms with Crippen molar-refractivity contribution in [3.63, 3.8) is 0 Å². The maximum atomic E-state index is 12.8. The largest absolute Gasteiger partial charge is 0.494 e. The summed E-state index contributed by atoms with van der Waals surface area (Å²) in [5.74, 6) is 0.950. The number of amides is 1. The summed E-state index contributed by atoms with van der Waals surface area (Å²) >= 11 is 0.